The molecule has 116 valence electrons. The fourth-order valence-corrected chi connectivity index (χ4v) is 2.50. The minimum atomic E-state index is -1.07. The Morgan fingerprint density at radius 2 is 2.10 bits per heavy atom. The summed E-state index contributed by atoms with van der Waals surface area (Å²) < 4.78 is 0.659. The highest BCUT2D eigenvalue weighted by Gasteiger charge is 2.14. The van der Waals surface area contributed by atoms with E-state index in [1.54, 1.807) is 12.1 Å². The van der Waals surface area contributed by atoms with Crippen molar-refractivity contribution in [2.45, 2.75) is 32.6 Å². The number of rotatable bonds is 8. The summed E-state index contributed by atoms with van der Waals surface area (Å²) in [5.74, 6) is -0.805. The van der Waals surface area contributed by atoms with Crippen LogP contribution >= 0.6 is 15.9 Å². The number of carboxylic acid groups (broad SMARTS) is 1. The van der Waals surface area contributed by atoms with E-state index in [2.05, 4.69) is 28.2 Å². The molecular formula is C15H21BrN2O3. The molecule has 1 unspecified atom stereocenters. The number of nitrogens with one attached hydrogen (secondary N) is 1. The fraction of sp³-hybridized carbons (Fsp3) is 0.467. The summed E-state index contributed by atoms with van der Waals surface area (Å²) in [5, 5.41) is 11.8. The minimum Gasteiger partial charge on any atom is -0.478 e. The molecular weight excluding hydrogens is 336 g/mol. The molecule has 0 heterocycles. The van der Waals surface area contributed by atoms with Gasteiger partial charge in [-0.3, -0.25) is 4.79 Å². The van der Waals surface area contributed by atoms with Gasteiger partial charge in [0.2, 0.25) is 5.91 Å². The Morgan fingerprint density at radius 3 is 2.67 bits per heavy atom. The van der Waals surface area contributed by atoms with E-state index in [1.165, 1.54) is 6.07 Å². The first kappa shape index (κ1) is 17.7. The van der Waals surface area contributed by atoms with Crippen LogP contribution in [0.3, 0.4) is 0 Å². The predicted octanol–water partition coefficient (Wildman–Crippen LogP) is 3.24. The lowest BCUT2D eigenvalue weighted by Crippen LogP contribution is -2.16. The van der Waals surface area contributed by atoms with Crippen LogP contribution in [0.5, 0.6) is 0 Å². The molecule has 6 heteroatoms. The highest BCUT2D eigenvalue weighted by atomic mass is 79.9. The molecule has 1 aromatic carbocycles. The van der Waals surface area contributed by atoms with Gasteiger partial charge in [0, 0.05) is 10.9 Å². The number of halogens is 1. The number of aromatic carboxylic acids is 1. The van der Waals surface area contributed by atoms with Crippen LogP contribution in [0.1, 0.15) is 43.0 Å². The molecule has 0 aliphatic carbocycles. The van der Waals surface area contributed by atoms with Gasteiger partial charge in [-0.15, -0.1) is 0 Å². The zero-order valence-corrected chi connectivity index (χ0v) is 13.6. The van der Waals surface area contributed by atoms with E-state index >= 15 is 0 Å². The van der Waals surface area contributed by atoms with E-state index in [9.17, 15) is 9.59 Å². The van der Waals surface area contributed by atoms with Gasteiger partial charge in [0.15, 0.2) is 0 Å². The number of amides is 1. The first-order valence-corrected chi connectivity index (χ1v) is 7.80. The number of carboxylic acids is 1. The molecule has 5 nitrogen and oxygen atoms in total. The SMILES string of the molecule is CCC(CCN)CCC(=O)Nc1ccc(Br)cc1C(=O)O. The van der Waals surface area contributed by atoms with Gasteiger partial charge < -0.3 is 16.2 Å². The summed E-state index contributed by atoms with van der Waals surface area (Å²) >= 11 is 3.22. The Bertz CT molecular complexity index is 506. The molecule has 1 rings (SSSR count). The third-order valence-electron chi connectivity index (χ3n) is 3.42. The Morgan fingerprint density at radius 1 is 1.38 bits per heavy atom. The molecule has 0 bridgehead atoms. The average Bonchev–Trinajstić information content (AvgIpc) is 2.45. The van der Waals surface area contributed by atoms with Crippen molar-refractivity contribution in [2.24, 2.45) is 11.7 Å². The van der Waals surface area contributed by atoms with Crippen molar-refractivity contribution < 1.29 is 14.7 Å². The Hall–Kier alpha value is -1.40. The number of carbonyl (C=O) groups excluding carboxylic acids is 1. The molecule has 0 fully saturated rings. The lowest BCUT2D eigenvalue weighted by atomic mass is 9.96. The quantitative estimate of drug-likeness (QED) is 0.666. The van der Waals surface area contributed by atoms with Crippen molar-refractivity contribution in [3.8, 4) is 0 Å². The van der Waals surface area contributed by atoms with E-state index in [1.807, 2.05) is 0 Å². The van der Waals surface area contributed by atoms with Crippen molar-refractivity contribution >= 4 is 33.5 Å². The molecule has 1 amide bonds. The second-order valence-electron chi connectivity index (χ2n) is 4.93. The second-order valence-corrected chi connectivity index (χ2v) is 5.85. The Labute approximate surface area is 133 Å². The van der Waals surface area contributed by atoms with Gasteiger partial charge in [-0.2, -0.15) is 0 Å². The summed E-state index contributed by atoms with van der Waals surface area (Å²) in [6.07, 6.45) is 3.03. The molecule has 0 spiro atoms. The van der Waals surface area contributed by atoms with Gasteiger partial charge in [0.25, 0.3) is 0 Å². The number of hydrogen-bond donors (Lipinski definition) is 3. The van der Waals surface area contributed by atoms with Gasteiger partial charge in [-0.1, -0.05) is 29.3 Å². The van der Waals surface area contributed by atoms with Crippen LogP contribution in [0.2, 0.25) is 0 Å². The predicted molar refractivity (Wildman–Crippen MR) is 86.4 cm³/mol. The second kappa shape index (κ2) is 8.79. The molecule has 0 saturated heterocycles. The number of hydrogen-bond acceptors (Lipinski definition) is 3. The first-order valence-electron chi connectivity index (χ1n) is 7.00. The Kier molecular flexibility index (Phi) is 7.39. The molecule has 0 radical (unpaired) electrons. The van der Waals surface area contributed by atoms with Crippen molar-refractivity contribution in [2.75, 3.05) is 11.9 Å². The van der Waals surface area contributed by atoms with Crippen molar-refractivity contribution in [3.05, 3.63) is 28.2 Å². The smallest absolute Gasteiger partial charge is 0.337 e. The van der Waals surface area contributed by atoms with Crippen molar-refractivity contribution in [1.82, 2.24) is 0 Å². The van der Waals surface area contributed by atoms with E-state index < -0.39 is 5.97 Å². The first-order chi connectivity index (χ1) is 9.97. The minimum absolute atomic E-state index is 0.0757. The molecule has 21 heavy (non-hydrogen) atoms. The van der Waals surface area contributed by atoms with Crippen molar-refractivity contribution in [1.29, 1.82) is 0 Å². The molecule has 0 aliphatic rings. The maximum absolute atomic E-state index is 11.9. The number of benzene rings is 1. The van der Waals surface area contributed by atoms with Crippen LogP contribution < -0.4 is 11.1 Å². The van der Waals surface area contributed by atoms with E-state index in [-0.39, 0.29) is 11.5 Å². The maximum Gasteiger partial charge on any atom is 0.337 e. The Balaban J connectivity index is 2.65. The molecule has 0 aliphatic heterocycles. The van der Waals surface area contributed by atoms with E-state index in [4.69, 9.17) is 10.8 Å². The lowest BCUT2D eigenvalue weighted by Gasteiger charge is -2.14. The monoisotopic (exact) mass is 356 g/mol. The van der Waals surface area contributed by atoms with Gasteiger partial charge in [0.1, 0.15) is 0 Å². The highest BCUT2D eigenvalue weighted by molar-refractivity contribution is 9.10. The third kappa shape index (κ3) is 5.85. The standard InChI is InChI=1S/C15H21BrN2O3/c1-2-10(7-8-17)3-6-14(19)18-13-5-4-11(16)9-12(13)15(20)21/h4-5,9-10H,2-3,6-8,17H2,1H3,(H,18,19)(H,20,21). The summed E-state index contributed by atoms with van der Waals surface area (Å²) in [4.78, 5) is 23.1. The number of nitrogens with two attached hydrogens (primary N) is 1. The molecule has 0 aromatic heterocycles. The molecule has 0 saturated carbocycles. The lowest BCUT2D eigenvalue weighted by molar-refractivity contribution is -0.116. The summed E-state index contributed by atoms with van der Waals surface area (Å²) in [6, 6.07) is 4.76. The molecule has 1 aromatic rings. The normalized spacial score (nSPS) is 12.0. The van der Waals surface area contributed by atoms with Gasteiger partial charge in [-0.25, -0.2) is 4.79 Å². The maximum atomic E-state index is 11.9. The third-order valence-corrected chi connectivity index (χ3v) is 3.91. The van der Waals surface area contributed by atoms with Crippen LogP contribution in [-0.4, -0.2) is 23.5 Å². The highest BCUT2D eigenvalue weighted by Crippen LogP contribution is 2.22. The van der Waals surface area contributed by atoms with Crippen molar-refractivity contribution in [3.63, 3.8) is 0 Å². The van der Waals surface area contributed by atoms with Crippen LogP contribution in [0.4, 0.5) is 5.69 Å². The molecule has 1 atom stereocenters. The zero-order valence-electron chi connectivity index (χ0n) is 12.1. The summed E-state index contributed by atoms with van der Waals surface area (Å²) in [5.41, 5.74) is 5.93. The van der Waals surface area contributed by atoms with Gasteiger partial charge in [-0.05, 0) is 43.5 Å². The average molecular weight is 357 g/mol. The zero-order chi connectivity index (χ0) is 15.8. The van der Waals surface area contributed by atoms with Gasteiger partial charge in [0.05, 0.1) is 11.3 Å². The van der Waals surface area contributed by atoms with E-state index in [0.29, 0.717) is 29.0 Å². The summed E-state index contributed by atoms with van der Waals surface area (Å²) in [7, 11) is 0. The number of anilines is 1. The van der Waals surface area contributed by atoms with Crippen LogP contribution in [-0.2, 0) is 4.79 Å². The van der Waals surface area contributed by atoms with Gasteiger partial charge >= 0.3 is 5.97 Å². The summed E-state index contributed by atoms with van der Waals surface area (Å²) in [6.45, 7) is 2.70. The largest absolute Gasteiger partial charge is 0.478 e. The van der Waals surface area contributed by atoms with Crippen LogP contribution in [0.25, 0.3) is 0 Å². The number of carbonyl (C=O) groups is 2. The topological polar surface area (TPSA) is 92.4 Å². The molecule has 4 N–H and O–H groups in total. The van der Waals surface area contributed by atoms with E-state index in [0.717, 1.165) is 19.3 Å². The van der Waals surface area contributed by atoms with Crippen LogP contribution in [0, 0.1) is 5.92 Å². The fourth-order valence-electron chi connectivity index (χ4n) is 2.14. The van der Waals surface area contributed by atoms with Crippen LogP contribution in [0.15, 0.2) is 22.7 Å².